The molecule has 1 aromatic heterocycles. The van der Waals surface area contributed by atoms with Crippen LogP contribution in [-0.4, -0.2) is 58.0 Å². The SMILES string of the molecule is COc1ccc2oc(=O)c([S+](C)CCNC(=O)c3cc(OC)c(OC)c(OC)c3)c(O)c2c1. The van der Waals surface area contributed by atoms with E-state index in [2.05, 4.69) is 5.32 Å². The summed E-state index contributed by atoms with van der Waals surface area (Å²) in [7, 11) is 5.25. The summed E-state index contributed by atoms with van der Waals surface area (Å²) in [6, 6.07) is 7.94. The second kappa shape index (κ2) is 10.4. The summed E-state index contributed by atoms with van der Waals surface area (Å²) in [6.07, 6.45) is 1.81. The van der Waals surface area contributed by atoms with Gasteiger partial charge in [-0.25, -0.2) is 4.79 Å². The van der Waals surface area contributed by atoms with Crippen molar-refractivity contribution in [3.8, 4) is 28.7 Å². The number of hydrogen-bond acceptors (Lipinski definition) is 8. The van der Waals surface area contributed by atoms with Gasteiger partial charge in [0.2, 0.25) is 5.75 Å². The van der Waals surface area contributed by atoms with Gasteiger partial charge in [0, 0.05) is 16.5 Å². The van der Waals surface area contributed by atoms with Crippen LogP contribution in [-0.2, 0) is 10.9 Å². The Hall–Kier alpha value is -3.53. The molecule has 2 aromatic carbocycles. The van der Waals surface area contributed by atoms with E-state index < -0.39 is 16.5 Å². The van der Waals surface area contributed by atoms with Crippen LogP contribution in [0.1, 0.15) is 10.4 Å². The number of benzene rings is 2. The minimum atomic E-state index is -0.692. The molecule has 0 bridgehead atoms. The summed E-state index contributed by atoms with van der Waals surface area (Å²) in [5.41, 5.74) is 0.00218. The summed E-state index contributed by atoms with van der Waals surface area (Å²) in [5, 5.41) is 13.9. The van der Waals surface area contributed by atoms with Crippen molar-refractivity contribution in [2.75, 3.05) is 47.0 Å². The van der Waals surface area contributed by atoms with Gasteiger partial charge in [0.25, 0.3) is 10.8 Å². The zero-order chi connectivity index (χ0) is 24.1. The van der Waals surface area contributed by atoms with Crippen molar-refractivity contribution in [3.63, 3.8) is 0 Å². The molecular formula is C23H26NO8S+. The fourth-order valence-electron chi connectivity index (χ4n) is 3.32. The average molecular weight is 477 g/mol. The van der Waals surface area contributed by atoms with Crippen LogP contribution in [0.2, 0.25) is 0 Å². The number of amides is 1. The first-order valence-electron chi connectivity index (χ1n) is 9.89. The number of methoxy groups -OCH3 is 4. The van der Waals surface area contributed by atoms with Crippen LogP contribution >= 0.6 is 0 Å². The van der Waals surface area contributed by atoms with Gasteiger partial charge in [-0.2, -0.15) is 0 Å². The Kier molecular flexibility index (Phi) is 7.59. The van der Waals surface area contributed by atoms with Gasteiger partial charge in [0.05, 0.1) is 40.4 Å². The Morgan fingerprint density at radius 1 is 1.03 bits per heavy atom. The van der Waals surface area contributed by atoms with Gasteiger partial charge in [0.15, 0.2) is 17.2 Å². The maximum atomic E-state index is 12.7. The van der Waals surface area contributed by atoms with Crippen molar-refractivity contribution < 1.29 is 33.3 Å². The van der Waals surface area contributed by atoms with Gasteiger partial charge in [-0.05, 0) is 30.3 Å². The first kappa shape index (κ1) is 24.1. The van der Waals surface area contributed by atoms with E-state index in [-0.39, 0.29) is 28.7 Å². The highest BCUT2D eigenvalue weighted by Gasteiger charge is 2.28. The fraction of sp³-hybridized carbons (Fsp3) is 0.304. The maximum Gasteiger partial charge on any atom is 0.396 e. The second-order valence-electron chi connectivity index (χ2n) is 6.94. The van der Waals surface area contributed by atoms with Crippen LogP contribution in [0.3, 0.4) is 0 Å². The highest BCUT2D eigenvalue weighted by atomic mass is 32.2. The van der Waals surface area contributed by atoms with Crippen LogP contribution < -0.4 is 29.9 Å². The smallest absolute Gasteiger partial charge is 0.396 e. The van der Waals surface area contributed by atoms with Crippen molar-refractivity contribution >= 4 is 27.8 Å². The molecule has 0 saturated carbocycles. The topological polar surface area (TPSA) is 116 Å². The Balaban J connectivity index is 1.75. The van der Waals surface area contributed by atoms with Crippen molar-refractivity contribution in [2.45, 2.75) is 4.90 Å². The molecule has 0 spiro atoms. The van der Waals surface area contributed by atoms with E-state index in [4.69, 9.17) is 23.4 Å². The number of aromatic hydroxyl groups is 1. The zero-order valence-electron chi connectivity index (χ0n) is 19.0. The predicted molar refractivity (Wildman–Crippen MR) is 126 cm³/mol. The third-order valence-corrected chi connectivity index (χ3v) is 6.89. The Bertz CT molecular complexity index is 1200. The molecule has 33 heavy (non-hydrogen) atoms. The molecule has 1 heterocycles. The van der Waals surface area contributed by atoms with Gasteiger partial charge in [-0.1, -0.05) is 0 Å². The number of ether oxygens (including phenoxy) is 4. The standard InChI is InChI=1S/C23H25NO8S/c1-28-14-6-7-16-15(12-14)19(25)21(23(27)32-16)33(5)9-8-24-22(26)13-10-17(29-2)20(31-4)18(11-13)30-3/h6-7,10-12H,8-9H2,1-5H3,(H-,24,25,26,27)/p+1. The zero-order valence-corrected chi connectivity index (χ0v) is 19.8. The molecule has 10 heteroatoms. The molecule has 0 fully saturated rings. The number of rotatable bonds is 9. The third-order valence-electron chi connectivity index (χ3n) is 5.01. The lowest BCUT2D eigenvalue weighted by atomic mass is 10.1. The van der Waals surface area contributed by atoms with Crippen LogP contribution in [0, 0.1) is 0 Å². The van der Waals surface area contributed by atoms with Crippen LogP contribution in [0.15, 0.2) is 44.4 Å². The number of carbonyl (C=O) groups excluding carboxylic acids is 1. The molecule has 3 rings (SSSR count). The van der Waals surface area contributed by atoms with Crippen molar-refractivity contribution in [1.29, 1.82) is 0 Å². The second-order valence-corrected chi connectivity index (χ2v) is 9.03. The van der Waals surface area contributed by atoms with Gasteiger partial charge in [-0.15, -0.1) is 0 Å². The molecule has 0 aliphatic rings. The molecule has 1 unspecified atom stereocenters. The average Bonchev–Trinajstić information content (AvgIpc) is 2.82. The van der Waals surface area contributed by atoms with E-state index in [0.29, 0.717) is 39.7 Å². The van der Waals surface area contributed by atoms with Gasteiger partial charge in [-0.3, -0.25) is 4.79 Å². The number of carbonyl (C=O) groups is 1. The van der Waals surface area contributed by atoms with Crippen molar-refractivity contribution in [3.05, 3.63) is 46.3 Å². The monoisotopic (exact) mass is 476 g/mol. The van der Waals surface area contributed by atoms with E-state index in [9.17, 15) is 14.7 Å². The predicted octanol–water partition coefficient (Wildman–Crippen LogP) is 2.57. The number of fused-ring (bicyclic) bond motifs is 1. The quantitative estimate of drug-likeness (QED) is 0.358. The van der Waals surface area contributed by atoms with Crippen LogP contribution in [0.5, 0.6) is 28.7 Å². The molecule has 0 radical (unpaired) electrons. The normalized spacial score (nSPS) is 11.7. The third kappa shape index (κ3) is 4.95. The maximum absolute atomic E-state index is 12.7. The van der Waals surface area contributed by atoms with E-state index >= 15 is 0 Å². The molecule has 0 saturated heterocycles. The Morgan fingerprint density at radius 2 is 1.70 bits per heavy atom. The summed E-state index contributed by atoms with van der Waals surface area (Å²) in [4.78, 5) is 25.3. The molecule has 9 nitrogen and oxygen atoms in total. The van der Waals surface area contributed by atoms with E-state index in [0.717, 1.165) is 0 Å². The van der Waals surface area contributed by atoms with Crippen LogP contribution in [0.4, 0.5) is 0 Å². The number of hydrogen-bond donors (Lipinski definition) is 2. The first-order valence-corrected chi connectivity index (χ1v) is 11.7. The largest absolute Gasteiger partial charge is 0.503 e. The van der Waals surface area contributed by atoms with Crippen molar-refractivity contribution in [2.24, 2.45) is 0 Å². The highest BCUT2D eigenvalue weighted by molar-refractivity contribution is 7.96. The summed E-state index contributed by atoms with van der Waals surface area (Å²) < 4.78 is 26.4. The molecule has 1 amide bonds. The molecule has 176 valence electrons. The van der Waals surface area contributed by atoms with Gasteiger partial charge in [0.1, 0.15) is 23.3 Å². The van der Waals surface area contributed by atoms with E-state index in [1.165, 1.54) is 28.4 Å². The van der Waals surface area contributed by atoms with E-state index in [1.54, 1.807) is 30.3 Å². The number of nitrogens with one attached hydrogen (secondary N) is 1. The van der Waals surface area contributed by atoms with Gasteiger partial charge >= 0.3 is 5.63 Å². The van der Waals surface area contributed by atoms with Crippen molar-refractivity contribution in [1.82, 2.24) is 5.32 Å². The summed E-state index contributed by atoms with van der Waals surface area (Å²) in [5.74, 6) is 1.60. The van der Waals surface area contributed by atoms with Crippen LogP contribution in [0.25, 0.3) is 11.0 Å². The summed E-state index contributed by atoms with van der Waals surface area (Å²) >= 11 is 0. The minimum Gasteiger partial charge on any atom is -0.503 e. The minimum absolute atomic E-state index is 0.137. The lowest BCUT2D eigenvalue weighted by Gasteiger charge is -2.14. The lowest BCUT2D eigenvalue weighted by molar-refractivity contribution is 0.0955. The van der Waals surface area contributed by atoms with Gasteiger partial charge < -0.3 is 33.8 Å². The highest BCUT2D eigenvalue weighted by Crippen LogP contribution is 2.38. The molecule has 0 aliphatic carbocycles. The Morgan fingerprint density at radius 3 is 2.27 bits per heavy atom. The fourth-order valence-corrected chi connectivity index (χ4v) is 4.70. The van der Waals surface area contributed by atoms with E-state index in [1.807, 2.05) is 6.26 Å². The molecule has 2 N–H and O–H groups in total. The molecular weight excluding hydrogens is 450 g/mol. The Labute approximate surface area is 193 Å². The molecule has 0 aliphatic heterocycles. The molecule has 3 aromatic rings. The summed E-state index contributed by atoms with van der Waals surface area (Å²) in [6.45, 7) is 0.268. The molecule has 1 atom stereocenters. The lowest BCUT2D eigenvalue weighted by Crippen LogP contribution is -2.30. The first-order chi connectivity index (χ1) is 15.8.